The van der Waals surface area contributed by atoms with E-state index in [4.69, 9.17) is 16.3 Å². The first kappa shape index (κ1) is 18.9. The van der Waals surface area contributed by atoms with Gasteiger partial charge in [0.05, 0.1) is 11.8 Å². The van der Waals surface area contributed by atoms with Gasteiger partial charge in [-0.05, 0) is 31.1 Å². The van der Waals surface area contributed by atoms with Crippen LogP contribution in [0.25, 0.3) is 11.7 Å². The Bertz CT molecular complexity index is 923. The third-order valence-corrected chi connectivity index (χ3v) is 4.82. The van der Waals surface area contributed by atoms with Gasteiger partial charge in [-0.25, -0.2) is 9.78 Å². The molecule has 2 aromatic rings. The molecule has 2 aromatic heterocycles. The zero-order valence-corrected chi connectivity index (χ0v) is 15.4. The number of amides is 1. The van der Waals surface area contributed by atoms with Crippen LogP contribution in [0, 0.1) is 11.3 Å². The van der Waals surface area contributed by atoms with Crippen molar-refractivity contribution >= 4 is 35.2 Å². The van der Waals surface area contributed by atoms with E-state index in [1.807, 2.05) is 12.1 Å². The Hall–Kier alpha value is -2.85. The van der Waals surface area contributed by atoms with E-state index in [1.165, 1.54) is 12.2 Å². The molecule has 1 aliphatic rings. The van der Waals surface area contributed by atoms with E-state index in [-0.39, 0.29) is 5.15 Å². The third kappa shape index (κ3) is 4.47. The summed E-state index contributed by atoms with van der Waals surface area (Å²) in [4.78, 5) is 28.1. The van der Waals surface area contributed by atoms with Gasteiger partial charge in [0, 0.05) is 12.3 Å². The van der Waals surface area contributed by atoms with Gasteiger partial charge in [-0.2, -0.15) is 5.26 Å². The number of nitriles is 1. The molecule has 0 bridgehead atoms. The first-order chi connectivity index (χ1) is 13.0. The van der Waals surface area contributed by atoms with Crippen molar-refractivity contribution in [3.05, 3.63) is 41.3 Å². The fraction of sp³-hybridized carbons (Fsp3) is 0.368. The van der Waals surface area contributed by atoms with E-state index in [2.05, 4.69) is 16.4 Å². The van der Waals surface area contributed by atoms with Gasteiger partial charge in [-0.15, -0.1) is 0 Å². The summed E-state index contributed by atoms with van der Waals surface area (Å²) in [7, 11) is 0. The Labute approximate surface area is 161 Å². The zero-order chi connectivity index (χ0) is 19.3. The maximum Gasteiger partial charge on any atom is 0.331 e. The second-order valence-electron chi connectivity index (χ2n) is 6.46. The van der Waals surface area contributed by atoms with Crippen LogP contribution in [0.5, 0.6) is 0 Å². The van der Waals surface area contributed by atoms with E-state index in [0.29, 0.717) is 24.2 Å². The lowest BCUT2D eigenvalue weighted by Crippen LogP contribution is -2.49. The first-order valence-corrected chi connectivity index (χ1v) is 9.10. The summed E-state index contributed by atoms with van der Waals surface area (Å²) in [5.41, 5.74) is 0.352. The number of pyridine rings is 1. The van der Waals surface area contributed by atoms with Crippen LogP contribution in [0.2, 0.25) is 5.15 Å². The molecule has 27 heavy (non-hydrogen) atoms. The minimum Gasteiger partial charge on any atom is -0.452 e. The second-order valence-corrected chi connectivity index (χ2v) is 6.82. The van der Waals surface area contributed by atoms with E-state index in [9.17, 15) is 14.9 Å². The van der Waals surface area contributed by atoms with Crippen LogP contribution < -0.4 is 5.32 Å². The molecule has 0 saturated heterocycles. The molecule has 0 unspecified atom stereocenters. The fourth-order valence-corrected chi connectivity index (χ4v) is 3.43. The molecule has 1 fully saturated rings. The zero-order valence-electron chi connectivity index (χ0n) is 14.7. The Morgan fingerprint density at radius 1 is 1.37 bits per heavy atom. The number of carbonyl (C=O) groups excluding carboxylic acids is 2. The fourth-order valence-electron chi connectivity index (χ4n) is 3.19. The Morgan fingerprint density at radius 2 is 2.15 bits per heavy atom. The van der Waals surface area contributed by atoms with Crippen LogP contribution in [0.3, 0.4) is 0 Å². The second kappa shape index (κ2) is 8.23. The summed E-state index contributed by atoms with van der Waals surface area (Å²) in [5.74, 6) is -1.16. The lowest BCUT2D eigenvalue weighted by atomic mass is 9.83. The summed E-state index contributed by atoms with van der Waals surface area (Å²) in [6.07, 6.45) is 8.55. The van der Waals surface area contributed by atoms with E-state index in [0.717, 1.165) is 19.3 Å². The molecule has 0 aliphatic heterocycles. The molecule has 140 valence electrons. The summed E-state index contributed by atoms with van der Waals surface area (Å²) in [6.45, 7) is -0.437. The number of fused-ring (bicyclic) bond motifs is 1. The van der Waals surface area contributed by atoms with Crippen LogP contribution in [0.1, 0.15) is 37.8 Å². The van der Waals surface area contributed by atoms with Crippen molar-refractivity contribution in [2.45, 2.75) is 37.6 Å². The number of esters is 1. The average Bonchev–Trinajstić information content (AvgIpc) is 3.00. The molecular formula is C19H19ClN4O3. The number of imidazole rings is 1. The first-order valence-electron chi connectivity index (χ1n) is 8.73. The number of nitrogens with zero attached hydrogens (tertiary/aromatic N) is 3. The van der Waals surface area contributed by atoms with Crippen molar-refractivity contribution in [1.29, 1.82) is 5.26 Å². The average molecular weight is 387 g/mol. The Kier molecular flexibility index (Phi) is 5.77. The van der Waals surface area contributed by atoms with Crippen LogP contribution in [0.4, 0.5) is 0 Å². The van der Waals surface area contributed by atoms with Gasteiger partial charge in [0.2, 0.25) is 0 Å². The molecule has 0 atom stereocenters. The highest BCUT2D eigenvalue weighted by Crippen LogP contribution is 2.27. The molecular weight excluding hydrogens is 368 g/mol. The summed E-state index contributed by atoms with van der Waals surface area (Å²) in [6, 6.07) is 7.64. The SMILES string of the molecule is N#CC1(NC(=O)COC(=O)/C=C/c2c(Cl)nc3ccccn23)CCCCC1. The van der Waals surface area contributed by atoms with Gasteiger partial charge in [0.15, 0.2) is 11.8 Å². The number of halogens is 1. The van der Waals surface area contributed by atoms with E-state index < -0.39 is 24.0 Å². The molecule has 0 aromatic carbocycles. The van der Waals surface area contributed by atoms with Gasteiger partial charge in [0.1, 0.15) is 11.2 Å². The maximum absolute atomic E-state index is 12.0. The quantitative estimate of drug-likeness (QED) is 0.629. The molecule has 1 N–H and O–H groups in total. The summed E-state index contributed by atoms with van der Waals surface area (Å²) in [5, 5.41) is 12.3. The largest absolute Gasteiger partial charge is 0.452 e. The summed E-state index contributed by atoms with van der Waals surface area (Å²) >= 11 is 6.09. The molecule has 2 heterocycles. The minimum absolute atomic E-state index is 0.260. The van der Waals surface area contributed by atoms with Gasteiger partial charge >= 0.3 is 5.97 Å². The molecule has 1 amide bonds. The van der Waals surface area contributed by atoms with Gasteiger partial charge in [-0.3, -0.25) is 9.20 Å². The molecule has 1 saturated carbocycles. The highest BCUT2D eigenvalue weighted by Gasteiger charge is 2.33. The molecule has 3 rings (SSSR count). The predicted octanol–water partition coefficient (Wildman–Crippen LogP) is 2.89. The monoisotopic (exact) mass is 386 g/mol. The smallest absolute Gasteiger partial charge is 0.331 e. The maximum atomic E-state index is 12.0. The van der Waals surface area contributed by atoms with Crippen LogP contribution in [-0.4, -0.2) is 33.4 Å². The van der Waals surface area contributed by atoms with Gasteiger partial charge in [-0.1, -0.05) is 36.9 Å². The van der Waals surface area contributed by atoms with Crippen molar-refractivity contribution in [3.63, 3.8) is 0 Å². The number of hydrogen-bond donors (Lipinski definition) is 1. The van der Waals surface area contributed by atoms with E-state index >= 15 is 0 Å². The van der Waals surface area contributed by atoms with Gasteiger partial charge < -0.3 is 10.1 Å². The van der Waals surface area contributed by atoms with Crippen molar-refractivity contribution < 1.29 is 14.3 Å². The molecule has 7 nitrogen and oxygen atoms in total. The van der Waals surface area contributed by atoms with Crippen LogP contribution >= 0.6 is 11.6 Å². The molecule has 0 radical (unpaired) electrons. The standard InChI is InChI=1S/C19H19ClN4O3/c20-18-14(24-11-5-2-6-15(24)22-18)7-8-17(26)27-12-16(25)23-19(13-21)9-3-1-4-10-19/h2,5-8,11H,1,3-4,9-10,12H2,(H,23,25)/b8-7+. The molecule has 8 heteroatoms. The highest BCUT2D eigenvalue weighted by atomic mass is 35.5. The highest BCUT2D eigenvalue weighted by molar-refractivity contribution is 6.31. The number of nitrogens with one attached hydrogen (secondary N) is 1. The lowest BCUT2D eigenvalue weighted by Gasteiger charge is -2.31. The number of rotatable bonds is 5. The number of ether oxygens (including phenoxy) is 1. The topological polar surface area (TPSA) is 96.5 Å². The third-order valence-electron chi connectivity index (χ3n) is 4.54. The molecule has 0 spiro atoms. The van der Waals surface area contributed by atoms with Crippen LogP contribution in [-0.2, 0) is 14.3 Å². The number of carbonyl (C=O) groups is 2. The van der Waals surface area contributed by atoms with Crippen molar-refractivity contribution in [2.75, 3.05) is 6.61 Å². The predicted molar refractivity (Wildman–Crippen MR) is 99.8 cm³/mol. The van der Waals surface area contributed by atoms with Gasteiger partial charge in [0.25, 0.3) is 5.91 Å². The van der Waals surface area contributed by atoms with Crippen molar-refractivity contribution in [2.24, 2.45) is 0 Å². The lowest BCUT2D eigenvalue weighted by molar-refractivity contribution is -0.144. The number of aromatic nitrogens is 2. The normalized spacial score (nSPS) is 16.1. The molecule has 1 aliphatic carbocycles. The minimum atomic E-state index is -0.846. The van der Waals surface area contributed by atoms with Crippen molar-refractivity contribution in [3.8, 4) is 6.07 Å². The Morgan fingerprint density at radius 3 is 2.89 bits per heavy atom. The van der Waals surface area contributed by atoms with Crippen molar-refractivity contribution in [1.82, 2.24) is 14.7 Å². The summed E-state index contributed by atoms with van der Waals surface area (Å²) < 4.78 is 6.70. The van der Waals surface area contributed by atoms with E-state index in [1.54, 1.807) is 16.7 Å². The van der Waals surface area contributed by atoms with Crippen LogP contribution in [0.15, 0.2) is 30.5 Å². The Balaban J connectivity index is 1.56. The number of hydrogen-bond acceptors (Lipinski definition) is 5.